The van der Waals surface area contributed by atoms with Crippen molar-refractivity contribution in [1.29, 1.82) is 0 Å². The average molecular weight is 376 g/mol. The summed E-state index contributed by atoms with van der Waals surface area (Å²) in [7, 11) is 0. The fourth-order valence-electron chi connectivity index (χ4n) is 2.27. The molecule has 1 aliphatic heterocycles. The highest BCUT2D eigenvalue weighted by Crippen LogP contribution is 2.16. The second-order valence-corrected chi connectivity index (χ2v) is 6.29. The quantitative estimate of drug-likeness (QED) is 0.741. The van der Waals surface area contributed by atoms with Crippen molar-refractivity contribution in [3.05, 3.63) is 33.1 Å². The van der Waals surface area contributed by atoms with Crippen molar-refractivity contribution < 1.29 is 9.18 Å². The number of rotatable bonds is 2. The first-order valence-corrected chi connectivity index (χ1v) is 7.55. The summed E-state index contributed by atoms with van der Waals surface area (Å²) in [4.78, 5) is 16.3. The van der Waals surface area contributed by atoms with Crippen LogP contribution >= 0.6 is 22.6 Å². The monoisotopic (exact) mass is 376 g/mol. The molecule has 0 saturated carbocycles. The molecule has 0 bridgehead atoms. The largest absolute Gasteiger partial charge is 0.336 e. The van der Waals surface area contributed by atoms with Crippen LogP contribution in [0.5, 0.6) is 0 Å². The molecule has 2 rings (SSSR count). The summed E-state index contributed by atoms with van der Waals surface area (Å²) in [5.41, 5.74) is 0.179. The van der Waals surface area contributed by atoms with Crippen molar-refractivity contribution in [1.82, 2.24) is 9.80 Å². The number of hydrogen-bond acceptors (Lipinski definition) is 2. The molecule has 0 aliphatic carbocycles. The van der Waals surface area contributed by atoms with Gasteiger partial charge in [-0.05, 0) is 54.6 Å². The molecular formula is C14H18FIN2O. The zero-order valence-corrected chi connectivity index (χ0v) is 13.4. The number of piperazine rings is 1. The van der Waals surface area contributed by atoms with Crippen molar-refractivity contribution in [2.75, 3.05) is 26.2 Å². The molecule has 0 radical (unpaired) electrons. The Bertz CT molecular complexity index is 471. The summed E-state index contributed by atoms with van der Waals surface area (Å²) >= 11 is 2.04. The van der Waals surface area contributed by atoms with E-state index in [2.05, 4.69) is 18.7 Å². The molecule has 1 saturated heterocycles. The Morgan fingerprint density at radius 1 is 1.26 bits per heavy atom. The van der Waals surface area contributed by atoms with E-state index in [-0.39, 0.29) is 11.5 Å². The molecule has 1 aliphatic rings. The van der Waals surface area contributed by atoms with Gasteiger partial charge >= 0.3 is 0 Å². The summed E-state index contributed by atoms with van der Waals surface area (Å²) < 4.78 is 14.6. The Labute approximate surface area is 126 Å². The summed E-state index contributed by atoms with van der Waals surface area (Å²) in [6.07, 6.45) is 0. The molecule has 104 valence electrons. The van der Waals surface area contributed by atoms with Gasteiger partial charge in [-0.15, -0.1) is 0 Å². The topological polar surface area (TPSA) is 23.6 Å². The molecule has 5 heteroatoms. The van der Waals surface area contributed by atoms with Gasteiger partial charge in [-0.3, -0.25) is 9.69 Å². The van der Waals surface area contributed by atoms with E-state index in [1.807, 2.05) is 22.6 Å². The van der Waals surface area contributed by atoms with Gasteiger partial charge in [0.05, 0.1) is 5.56 Å². The van der Waals surface area contributed by atoms with Gasteiger partial charge in [-0.2, -0.15) is 0 Å². The van der Waals surface area contributed by atoms with Gasteiger partial charge in [0.25, 0.3) is 5.91 Å². The van der Waals surface area contributed by atoms with Gasteiger partial charge in [-0.25, -0.2) is 4.39 Å². The van der Waals surface area contributed by atoms with Crippen LogP contribution < -0.4 is 0 Å². The second kappa shape index (κ2) is 6.17. The van der Waals surface area contributed by atoms with Crippen LogP contribution in [0, 0.1) is 9.39 Å². The maximum Gasteiger partial charge on any atom is 0.256 e. The number of nitrogens with zero attached hydrogens (tertiary/aromatic N) is 2. The molecule has 0 spiro atoms. The van der Waals surface area contributed by atoms with Gasteiger partial charge in [-0.1, -0.05) is 0 Å². The third-order valence-electron chi connectivity index (χ3n) is 3.49. The lowest BCUT2D eigenvalue weighted by molar-refractivity contribution is 0.0591. The van der Waals surface area contributed by atoms with Crippen LogP contribution in [0.3, 0.4) is 0 Å². The minimum Gasteiger partial charge on any atom is -0.336 e. The molecule has 0 unspecified atom stereocenters. The smallest absolute Gasteiger partial charge is 0.256 e. The van der Waals surface area contributed by atoms with Gasteiger partial charge < -0.3 is 4.90 Å². The molecule has 0 atom stereocenters. The maximum atomic E-state index is 13.8. The van der Waals surface area contributed by atoms with E-state index in [0.29, 0.717) is 19.1 Å². The van der Waals surface area contributed by atoms with E-state index in [0.717, 1.165) is 16.7 Å². The molecule has 1 amide bonds. The minimum atomic E-state index is -0.428. The first-order valence-electron chi connectivity index (χ1n) is 6.47. The van der Waals surface area contributed by atoms with Gasteiger partial charge in [0.15, 0.2) is 0 Å². The number of halogens is 2. The zero-order chi connectivity index (χ0) is 14.0. The number of carbonyl (C=O) groups excluding carboxylic acids is 1. The Kier molecular flexibility index (Phi) is 4.78. The first kappa shape index (κ1) is 14.7. The average Bonchev–Trinajstić information content (AvgIpc) is 2.38. The van der Waals surface area contributed by atoms with E-state index in [1.54, 1.807) is 17.0 Å². The Morgan fingerprint density at radius 3 is 2.42 bits per heavy atom. The summed E-state index contributed by atoms with van der Waals surface area (Å²) in [6.45, 7) is 7.35. The third-order valence-corrected chi connectivity index (χ3v) is 4.16. The van der Waals surface area contributed by atoms with Gasteiger partial charge in [0, 0.05) is 35.8 Å². The Balaban J connectivity index is 2.05. The first-order chi connectivity index (χ1) is 8.99. The molecule has 0 N–H and O–H groups in total. The lowest BCUT2D eigenvalue weighted by Gasteiger charge is -2.37. The number of hydrogen-bond donors (Lipinski definition) is 0. The van der Waals surface area contributed by atoms with E-state index < -0.39 is 5.82 Å². The molecule has 19 heavy (non-hydrogen) atoms. The number of carbonyl (C=O) groups is 1. The van der Waals surface area contributed by atoms with Crippen LogP contribution in [0.25, 0.3) is 0 Å². The maximum absolute atomic E-state index is 13.8. The van der Waals surface area contributed by atoms with Crippen LogP contribution in [0.15, 0.2) is 18.2 Å². The molecule has 1 aromatic carbocycles. The normalized spacial score (nSPS) is 17.0. The molecular weight excluding hydrogens is 358 g/mol. The summed E-state index contributed by atoms with van der Waals surface area (Å²) in [5, 5.41) is 0. The van der Waals surface area contributed by atoms with Crippen molar-refractivity contribution >= 4 is 28.5 Å². The zero-order valence-electron chi connectivity index (χ0n) is 11.2. The third kappa shape index (κ3) is 3.45. The van der Waals surface area contributed by atoms with Crippen LogP contribution in [0.2, 0.25) is 0 Å². The lowest BCUT2D eigenvalue weighted by atomic mass is 10.1. The highest BCUT2D eigenvalue weighted by Gasteiger charge is 2.24. The van der Waals surface area contributed by atoms with Crippen LogP contribution in [-0.4, -0.2) is 47.9 Å². The molecule has 1 fully saturated rings. The van der Waals surface area contributed by atoms with Crippen molar-refractivity contribution in [3.63, 3.8) is 0 Å². The van der Waals surface area contributed by atoms with Crippen LogP contribution in [-0.2, 0) is 0 Å². The van der Waals surface area contributed by atoms with E-state index in [9.17, 15) is 9.18 Å². The standard InChI is InChI=1S/C14H18FIN2O/c1-10(2)17-5-7-18(8-6-17)14(19)12-4-3-11(16)9-13(12)15/h3-4,9-10H,5-8H2,1-2H3. The predicted octanol–water partition coefficient (Wildman–Crippen LogP) is 2.60. The minimum absolute atomic E-state index is 0.179. The SMILES string of the molecule is CC(C)N1CCN(C(=O)c2ccc(I)cc2F)CC1. The summed E-state index contributed by atoms with van der Waals surface area (Å²) in [5.74, 6) is -0.625. The van der Waals surface area contributed by atoms with Crippen LogP contribution in [0.4, 0.5) is 4.39 Å². The van der Waals surface area contributed by atoms with E-state index in [1.165, 1.54) is 6.07 Å². The molecule has 1 heterocycles. The van der Waals surface area contributed by atoms with Crippen LogP contribution in [0.1, 0.15) is 24.2 Å². The molecule has 1 aromatic rings. The highest BCUT2D eigenvalue weighted by atomic mass is 127. The second-order valence-electron chi connectivity index (χ2n) is 5.05. The predicted molar refractivity (Wildman–Crippen MR) is 81.7 cm³/mol. The van der Waals surface area contributed by atoms with Crippen molar-refractivity contribution in [3.8, 4) is 0 Å². The van der Waals surface area contributed by atoms with Gasteiger partial charge in [0.2, 0.25) is 0 Å². The highest BCUT2D eigenvalue weighted by molar-refractivity contribution is 14.1. The summed E-state index contributed by atoms with van der Waals surface area (Å²) in [6, 6.07) is 5.24. The Morgan fingerprint density at radius 2 is 1.89 bits per heavy atom. The molecule has 0 aromatic heterocycles. The lowest BCUT2D eigenvalue weighted by Crippen LogP contribution is -2.50. The molecule has 3 nitrogen and oxygen atoms in total. The van der Waals surface area contributed by atoms with E-state index >= 15 is 0 Å². The Hall–Kier alpha value is -0.690. The fraction of sp³-hybridized carbons (Fsp3) is 0.500. The van der Waals surface area contributed by atoms with E-state index in [4.69, 9.17) is 0 Å². The number of amides is 1. The van der Waals surface area contributed by atoms with Crippen molar-refractivity contribution in [2.45, 2.75) is 19.9 Å². The number of benzene rings is 1. The fourth-order valence-corrected chi connectivity index (χ4v) is 2.73. The van der Waals surface area contributed by atoms with Gasteiger partial charge in [0.1, 0.15) is 5.82 Å². The van der Waals surface area contributed by atoms with Crippen molar-refractivity contribution in [2.24, 2.45) is 0 Å².